The first-order valence-corrected chi connectivity index (χ1v) is 7.18. The van der Waals surface area contributed by atoms with Crippen molar-refractivity contribution in [1.29, 1.82) is 0 Å². The molecule has 0 radical (unpaired) electrons. The molecule has 1 atom stereocenters. The van der Waals surface area contributed by atoms with Crippen LogP contribution in [-0.4, -0.2) is 43.0 Å². The van der Waals surface area contributed by atoms with E-state index >= 15 is 0 Å². The van der Waals surface area contributed by atoms with Crippen molar-refractivity contribution >= 4 is 11.6 Å². The molecule has 2 N–H and O–H groups in total. The number of nitrogens with zero attached hydrogens (tertiary/aromatic N) is 1. The molecular formula is C15H22FN3O. The van der Waals surface area contributed by atoms with Gasteiger partial charge in [-0.2, -0.15) is 0 Å². The Hall–Kier alpha value is -1.46. The molecule has 1 aliphatic heterocycles. The molecular weight excluding hydrogens is 257 g/mol. The summed E-state index contributed by atoms with van der Waals surface area (Å²) >= 11 is 0. The number of anilines is 1. The molecule has 4 nitrogen and oxygen atoms in total. The van der Waals surface area contributed by atoms with E-state index in [1.165, 1.54) is 25.0 Å². The Bertz CT molecular complexity index is 446. The normalized spacial score (nSPS) is 18.4. The van der Waals surface area contributed by atoms with Gasteiger partial charge in [-0.05, 0) is 44.1 Å². The molecule has 20 heavy (non-hydrogen) atoms. The Morgan fingerprint density at radius 2 is 2.40 bits per heavy atom. The molecule has 1 saturated heterocycles. The van der Waals surface area contributed by atoms with Crippen LogP contribution in [0.15, 0.2) is 24.3 Å². The van der Waals surface area contributed by atoms with Gasteiger partial charge in [0.05, 0.1) is 6.54 Å². The highest BCUT2D eigenvalue weighted by Crippen LogP contribution is 2.10. The number of amides is 1. The molecule has 5 heteroatoms. The van der Waals surface area contributed by atoms with Gasteiger partial charge >= 0.3 is 0 Å². The minimum atomic E-state index is -0.342. The van der Waals surface area contributed by atoms with E-state index in [1.54, 1.807) is 12.1 Å². The topological polar surface area (TPSA) is 44.4 Å². The van der Waals surface area contributed by atoms with E-state index in [9.17, 15) is 9.18 Å². The average Bonchev–Trinajstić information content (AvgIpc) is 2.90. The second-order valence-corrected chi connectivity index (χ2v) is 5.18. The van der Waals surface area contributed by atoms with Crippen molar-refractivity contribution in [2.24, 2.45) is 0 Å². The van der Waals surface area contributed by atoms with Crippen molar-refractivity contribution in [1.82, 2.24) is 10.2 Å². The molecule has 1 fully saturated rings. The zero-order chi connectivity index (χ0) is 14.4. The summed E-state index contributed by atoms with van der Waals surface area (Å²) in [4.78, 5) is 14.1. The molecule has 1 amide bonds. The maximum Gasteiger partial charge on any atom is 0.238 e. The summed E-state index contributed by atoms with van der Waals surface area (Å²) in [6, 6.07) is 6.45. The van der Waals surface area contributed by atoms with Crippen LogP contribution in [0.4, 0.5) is 10.1 Å². The number of benzene rings is 1. The highest BCUT2D eigenvalue weighted by Gasteiger charge is 2.18. The summed E-state index contributed by atoms with van der Waals surface area (Å²) < 4.78 is 13.0. The fourth-order valence-corrected chi connectivity index (χ4v) is 2.50. The third kappa shape index (κ3) is 4.58. The lowest BCUT2D eigenvalue weighted by Crippen LogP contribution is -2.41. The molecule has 1 aromatic rings. The highest BCUT2D eigenvalue weighted by atomic mass is 19.1. The summed E-state index contributed by atoms with van der Waals surface area (Å²) in [5.74, 6) is -0.444. The minimum absolute atomic E-state index is 0.101. The number of halogens is 1. The SMILES string of the molecule is CCN(CC(=O)Nc1cccc(F)c1)CC1CCCN1. The van der Waals surface area contributed by atoms with Crippen molar-refractivity contribution in [3.8, 4) is 0 Å². The summed E-state index contributed by atoms with van der Waals surface area (Å²) in [5, 5.41) is 6.16. The van der Waals surface area contributed by atoms with Gasteiger partial charge in [0.15, 0.2) is 0 Å². The van der Waals surface area contributed by atoms with Gasteiger partial charge in [0.25, 0.3) is 0 Å². The van der Waals surface area contributed by atoms with Crippen LogP contribution in [0.2, 0.25) is 0 Å². The lowest BCUT2D eigenvalue weighted by atomic mass is 10.2. The van der Waals surface area contributed by atoms with E-state index in [0.717, 1.165) is 19.6 Å². The Labute approximate surface area is 119 Å². The van der Waals surface area contributed by atoms with Crippen LogP contribution < -0.4 is 10.6 Å². The molecule has 0 aromatic heterocycles. The van der Waals surface area contributed by atoms with E-state index in [-0.39, 0.29) is 11.7 Å². The van der Waals surface area contributed by atoms with Crippen molar-refractivity contribution in [2.45, 2.75) is 25.8 Å². The van der Waals surface area contributed by atoms with Gasteiger partial charge in [-0.3, -0.25) is 9.69 Å². The third-order valence-corrected chi connectivity index (χ3v) is 3.56. The number of hydrogen-bond acceptors (Lipinski definition) is 3. The Morgan fingerprint density at radius 3 is 3.05 bits per heavy atom. The van der Waals surface area contributed by atoms with Crippen LogP contribution in [0.1, 0.15) is 19.8 Å². The van der Waals surface area contributed by atoms with Crippen LogP contribution in [0.5, 0.6) is 0 Å². The van der Waals surface area contributed by atoms with Crippen molar-refractivity contribution < 1.29 is 9.18 Å². The van der Waals surface area contributed by atoms with E-state index in [2.05, 4.69) is 15.5 Å². The maximum atomic E-state index is 13.0. The smallest absolute Gasteiger partial charge is 0.238 e. The summed E-state index contributed by atoms with van der Waals surface area (Å²) in [6.07, 6.45) is 2.37. The molecule has 0 aliphatic carbocycles. The van der Waals surface area contributed by atoms with Gasteiger partial charge in [0, 0.05) is 18.3 Å². The third-order valence-electron chi connectivity index (χ3n) is 3.56. The van der Waals surface area contributed by atoms with Gasteiger partial charge in [0.2, 0.25) is 5.91 Å². The van der Waals surface area contributed by atoms with Gasteiger partial charge in [0.1, 0.15) is 5.82 Å². The molecule has 1 aromatic carbocycles. The summed E-state index contributed by atoms with van der Waals surface area (Å²) in [6.45, 7) is 5.16. The molecule has 0 saturated carbocycles. The summed E-state index contributed by atoms with van der Waals surface area (Å²) in [5.41, 5.74) is 0.505. The van der Waals surface area contributed by atoms with Crippen LogP contribution in [0, 0.1) is 5.82 Å². The largest absolute Gasteiger partial charge is 0.325 e. The molecule has 110 valence electrons. The number of hydrogen-bond donors (Lipinski definition) is 2. The predicted octanol–water partition coefficient (Wildman–Crippen LogP) is 1.84. The molecule has 2 rings (SSSR count). The predicted molar refractivity (Wildman–Crippen MR) is 78.2 cm³/mol. The second kappa shape index (κ2) is 7.36. The zero-order valence-electron chi connectivity index (χ0n) is 11.9. The molecule has 0 spiro atoms. The first-order chi connectivity index (χ1) is 9.67. The Balaban J connectivity index is 1.82. The lowest BCUT2D eigenvalue weighted by Gasteiger charge is -2.23. The van der Waals surface area contributed by atoms with Crippen LogP contribution >= 0.6 is 0 Å². The minimum Gasteiger partial charge on any atom is -0.325 e. The van der Waals surface area contributed by atoms with E-state index in [0.29, 0.717) is 18.3 Å². The van der Waals surface area contributed by atoms with Crippen molar-refractivity contribution in [3.05, 3.63) is 30.1 Å². The first-order valence-electron chi connectivity index (χ1n) is 7.18. The van der Waals surface area contributed by atoms with Crippen molar-refractivity contribution in [2.75, 3.05) is 31.5 Å². The average molecular weight is 279 g/mol. The molecule has 0 bridgehead atoms. The van der Waals surface area contributed by atoms with Gasteiger partial charge in [-0.15, -0.1) is 0 Å². The van der Waals surface area contributed by atoms with E-state index < -0.39 is 0 Å². The number of rotatable bonds is 6. The van der Waals surface area contributed by atoms with E-state index in [4.69, 9.17) is 0 Å². The maximum absolute atomic E-state index is 13.0. The van der Waals surface area contributed by atoms with E-state index in [1.807, 2.05) is 6.92 Å². The molecule has 1 heterocycles. The Kier molecular flexibility index (Phi) is 5.49. The standard InChI is InChI=1S/C15H22FN3O/c1-2-19(10-14-7-4-8-17-14)11-15(20)18-13-6-3-5-12(16)9-13/h3,5-6,9,14,17H,2,4,7-8,10-11H2,1H3,(H,18,20). The first kappa shape index (κ1) is 14.9. The summed E-state index contributed by atoms with van der Waals surface area (Å²) in [7, 11) is 0. The number of likely N-dealkylation sites (N-methyl/N-ethyl adjacent to an activating group) is 1. The van der Waals surface area contributed by atoms with Crippen LogP contribution in [0.25, 0.3) is 0 Å². The zero-order valence-corrected chi connectivity index (χ0v) is 11.9. The van der Waals surface area contributed by atoms with Crippen LogP contribution in [0.3, 0.4) is 0 Å². The quantitative estimate of drug-likeness (QED) is 0.835. The van der Waals surface area contributed by atoms with Crippen LogP contribution in [-0.2, 0) is 4.79 Å². The monoisotopic (exact) mass is 279 g/mol. The number of carbonyl (C=O) groups excluding carboxylic acids is 1. The van der Waals surface area contributed by atoms with Gasteiger partial charge in [-0.25, -0.2) is 4.39 Å². The molecule has 1 aliphatic rings. The van der Waals surface area contributed by atoms with Gasteiger partial charge in [-0.1, -0.05) is 13.0 Å². The highest BCUT2D eigenvalue weighted by molar-refractivity contribution is 5.92. The fraction of sp³-hybridized carbons (Fsp3) is 0.533. The second-order valence-electron chi connectivity index (χ2n) is 5.18. The lowest BCUT2D eigenvalue weighted by molar-refractivity contribution is -0.117. The molecule has 1 unspecified atom stereocenters. The number of carbonyl (C=O) groups is 1. The fourth-order valence-electron chi connectivity index (χ4n) is 2.50. The van der Waals surface area contributed by atoms with Crippen molar-refractivity contribution in [3.63, 3.8) is 0 Å². The Morgan fingerprint density at radius 1 is 1.55 bits per heavy atom. The number of nitrogens with one attached hydrogen (secondary N) is 2. The van der Waals surface area contributed by atoms with Gasteiger partial charge < -0.3 is 10.6 Å².